The second kappa shape index (κ2) is 7.54. The third kappa shape index (κ3) is 3.83. The van der Waals surface area contributed by atoms with E-state index in [0.29, 0.717) is 11.5 Å². The maximum absolute atomic E-state index is 13.1. The lowest BCUT2D eigenvalue weighted by atomic mass is 10.2. The monoisotopic (exact) mass is 364 g/mol. The SMILES string of the molecule is Cc1ccc(S(=O)(=O)N(C)C(=Nc2ccccc2)c2ccccc2)cc1. The van der Waals surface area contributed by atoms with E-state index in [1.54, 1.807) is 24.3 Å². The normalized spacial score (nSPS) is 12.0. The second-order valence-corrected chi connectivity index (χ2v) is 7.89. The summed E-state index contributed by atoms with van der Waals surface area (Å²) in [4.78, 5) is 4.84. The molecule has 4 nitrogen and oxygen atoms in total. The molecule has 0 saturated heterocycles. The molecule has 5 heteroatoms. The highest BCUT2D eigenvalue weighted by Crippen LogP contribution is 2.21. The van der Waals surface area contributed by atoms with Gasteiger partial charge in [-0.1, -0.05) is 66.2 Å². The van der Waals surface area contributed by atoms with Crippen molar-refractivity contribution in [1.29, 1.82) is 0 Å². The number of sulfonamides is 1. The Hall–Kier alpha value is -2.92. The summed E-state index contributed by atoms with van der Waals surface area (Å²) in [5.41, 5.74) is 2.43. The van der Waals surface area contributed by atoms with Crippen LogP contribution in [0.2, 0.25) is 0 Å². The van der Waals surface area contributed by atoms with Crippen LogP contribution in [0.4, 0.5) is 5.69 Å². The molecule has 0 bridgehead atoms. The molecule has 0 aliphatic carbocycles. The van der Waals surface area contributed by atoms with Crippen molar-refractivity contribution in [3.63, 3.8) is 0 Å². The van der Waals surface area contributed by atoms with Crippen molar-refractivity contribution in [3.05, 3.63) is 96.1 Å². The first-order chi connectivity index (χ1) is 12.5. The van der Waals surface area contributed by atoms with Crippen LogP contribution in [0.1, 0.15) is 11.1 Å². The van der Waals surface area contributed by atoms with Gasteiger partial charge in [-0.3, -0.25) is 4.31 Å². The zero-order chi connectivity index (χ0) is 18.6. The summed E-state index contributed by atoms with van der Waals surface area (Å²) >= 11 is 0. The van der Waals surface area contributed by atoms with Gasteiger partial charge >= 0.3 is 0 Å². The Bertz CT molecular complexity index is 997. The molecule has 0 saturated carbocycles. The quantitative estimate of drug-likeness (QED) is 0.509. The van der Waals surface area contributed by atoms with E-state index < -0.39 is 10.0 Å². The van der Waals surface area contributed by atoms with Crippen molar-refractivity contribution in [3.8, 4) is 0 Å². The average Bonchev–Trinajstić information content (AvgIpc) is 2.67. The summed E-state index contributed by atoms with van der Waals surface area (Å²) in [5, 5.41) is 0. The summed E-state index contributed by atoms with van der Waals surface area (Å²) in [6.07, 6.45) is 0. The third-order valence-corrected chi connectivity index (χ3v) is 5.76. The zero-order valence-corrected chi connectivity index (χ0v) is 15.5. The molecular formula is C21H20N2O2S. The highest BCUT2D eigenvalue weighted by Gasteiger charge is 2.25. The number of aryl methyl sites for hydroxylation is 1. The fraction of sp³-hybridized carbons (Fsp3) is 0.0952. The van der Waals surface area contributed by atoms with E-state index in [9.17, 15) is 8.42 Å². The Labute approximate surface area is 154 Å². The molecule has 3 aromatic carbocycles. The van der Waals surface area contributed by atoms with Crippen molar-refractivity contribution in [2.24, 2.45) is 4.99 Å². The molecule has 3 aromatic rings. The minimum atomic E-state index is -3.72. The smallest absolute Gasteiger partial charge is 0.252 e. The van der Waals surface area contributed by atoms with Crippen molar-refractivity contribution in [2.75, 3.05) is 7.05 Å². The summed E-state index contributed by atoms with van der Waals surface area (Å²) in [6, 6.07) is 25.5. The van der Waals surface area contributed by atoms with E-state index >= 15 is 0 Å². The Kier molecular flexibility index (Phi) is 5.19. The van der Waals surface area contributed by atoms with Gasteiger partial charge in [-0.15, -0.1) is 0 Å². The van der Waals surface area contributed by atoms with Crippen LogP contribution in [-0.2, 0) is 10.0 Å². The molecule has 0 atom stereocenters. The van der Waals surface area contributed by atoms with Crippen molar-refractivity contribution >= 4 is 21.5 Å². The summed E-state index contributed by atoms with van der Waals surface area (Å²) in [6.45, 7) is 1.92. The van der Waals surface area contributed by atoms with Crippen LogP contribution in [0.15, 0.2) is 94.8 Å². The largest absolute Gasteiger partial charge is 0.265 e. The number of rotatable bonds is 4. The van der Waals surface area contributed by atoms with Crippen LogP contribution in [-0.4, -0.2) is 25.6 Å². The lowest BCUT2D eigenvalue weighted by Crippen LogP contribution is -2.33. The Morgan fingerprint density at radius 3 is 1.92 bits per heavy atom. The predicted octanol–water partition coefficient (Wildman–Crippen LogP) is 4.39. The van der Waals surface area contributed by atoms with Crippen LogP contribution < -0.4 is 0 Å². The van der Waals surface area contributed by atoms with E-state index in [2.05, 4.69) is 4.99 Å². The van der Waals surface area contributed by atoms with Gasteiger partial charge in [-0.05, 0) is 31.2 Å². The minimum absolute atomic E-state index is 0.238. The number of hydrogen-bond acceptors (Lipinski definition) is 3. The zero-order valence-electron chi connectivity index (χ0n) is 14.7. The first-order valence-corrected chi connectivity index (χ1v) is 9.67. The van der Waals surface area contributed by atoms with Crippen molar-refractivity contribution in [2.45, 2.75) is 11.8 Å². The minimum Gasteiger partial charge on any atom is -0.252 e. The van der Waals surface area contributed by atoms with E-state index in [4.69, 9.17) is 0 Å². The van der Waals surface area contributed by atoms with Gasteiger partial charge in [0.15, 0.2) is 0 Å². The molecule has 3 rings (SSSR count). The lowest BCUT2D eigenvalue weighted by Gasteiger charge is -2.22. The van der Waals surface area contributed by atoms with Crippen LogP contribution in [0, 0.1) is 6.92 Å². The Balaban J connectivity index is 2.09. The molecule has 0 radical (unpaired) electrons. The van der Waals surface area contributed by atoms with Gasteiger partial charge in [0.05, 0.1) is 10.6 Å². The maximum atomic E-state index is 13.1. The van der Waals surface area contributed by atoms with Gasteiger partial charge in [0.2, 0.25) is 0 Å². The average molecular weight is 364 g/mol. The summed E-state index contributed by atoms with van der Waals surface area (Å²) < 4.78 is 27.4. The molecule has 0 amide bonds. The Morgan fingerprint density at radius 1 is 0.808 bits per heavy atom. The molecule has 0 spiro atoms. The topological polar surface area (TPSA) is 49.7 Å². The van der Waals surface area contributed by atoms with Gasteiger partial charge in [-0.25, -0.2) is 13.4 Å². The number of aliphatic imine (C=N–C) groups is 1. The molecule has 132 valence electrons. The number of nitrogens with zero attached hydrogens (tertiary/aromatic N) is 2. The lowest BCUT2D eigenvalue weighted by molar-refractivity contribution is 0.552. The molecule has 0 aromatic heterocycles. The van der Waals surface area contributed by atoms with Gasteiger partial charge in [-0.2, -0.15) is 0 Å². The number of para-hydroxylation sites is 1. The first kappa shape index (κ1) is 17.9. The first-order valence-electron chi connectivity index (χ1n) is 8.23. The number of hydrogen-bond donors (Lipinski definition) is 0. The maximum Gasteiger partial charge on any atom is 0.265 e. The van der Waals surface area contributed by atoms with E-state index in [1.807, 2.05) is 67.6 Å². The van der Waals surface area contributed by atoms with E-state index in [1.165, 1.54) is 11.4 Å². The molecule has 0 fully saturated rings. The molecule has 0 N–H and O–H groups in total. The van der Waals surface area contributed by atoms with Crippen molar-refractivity contribution < 1.29 is 8.42 Å². The standard InChI is InChI=1S/C21H20N2O2S/c1-17-13-15-20(16-14-17)26(24,25)23(2)21(18-9-5-3-6-10-18)22-19-11-7-4-8-12-19/h3-16H,1-2H3. The highest BCUT2D eigenvalue weighted by atomic mass is 32.2. The van der Waals surface area contributed by atoms with Crippen molar-refractivity contribution in [1.82, 2.24) is 4.31 Å². The fourth-order valence-electron chi connectivity index (χ4n) is 2.51. The Morgan fingerprint density at radius 2 is 1.35 bits per heavy atom. The van der Waals surface area contributed by atoms with Crippen LogP contribution in [0.5, 0.6) is 0 Å². The molecule has 26 heavy (non-hydrogen) atoms. The molecule has 0 aliphatic rings. The van der Waals surface area contributed by atoms with Gasteiger partial charge in [0.25, 0.3) is 10.0 Å². The van der Waals surface area contributed by atoms with Crippen LogP contribution >= 0.6 is 0 Å². The van der Waals surface area contributed by atoms with Crippen LogP contribution in [0.3, 0.4) is 0 Å². The van der Waals surface area contributed by atoms with Gasteiger partial charge in [0.1, 0.15) is 5.84 Å². The molecule has 0 heterocycles. The summed E-state index contributed by atoms with van der Waals surface area (Å²) in [7, 11) is -2.19. The molecule has 0 aliphatic heterocycles. The van der Waals surface area contributed by atoms with Gasteiger partial charge < -0.3 is 0 Å². The van der Waals surface area contributed by atoms with Crippen LogP contribution in [0.25, 0.3) is 0 Å². The summed E-state index contributed by atoms with van der Waals surface area (Å²) in [5.74, 6) is 0.373. The fourth-order valence-corrected chi connectivity index (χ4v) is 3.68. The van der Waals surface area contributed by atoms with E-state index in [0.717, 1.165) is 11.1 Å². The second-order valence-electron chi connectivity index (χ2n) is 5.92. The van der Waals surface area contributed by atoms with Gasteiger partial charge in [0, 0.05) is 12.6 Å². The van der Waals surface area contributed by atoms with E-state index in [-0.39, 0.29) is 4.90 Å². The number of amidine groups is 1. The predicted molar refractivity (Wildman–Crippen MR) is 105 cm³/mol. The molecular weight excluding hydrogens is 344 g/mol. The highest BCUT2D eigenvalue weighted by molar-refractivity contribution is 7.89. The number of benzene rings is 3. The molecule has 0 unspecified atom stereocenters. The third-order valence-electron chi connectivity index (χ3n) is 4.00.